The van der Waals surface area contributed by atoms with Gasteiger partial charge in [0.15, 0.2) is 0 Å². The molecule has 7 nitrogen and oxygen atoms in total. The fraction of sp³-hybridized carbons (Fsp3) is 0.286. The van der Waals surface area contributed by atoms with Crippen molar-refractivity contribution in [2.45, 2.75) is 13.8 Å². The summed E-state index contributed by atoms with van der Waals surface area (Å²) >= 11 is 0. The lowest BCUT2D eigenvalue weighted by Crippen LogP contribution is -2.13. The number of ether oxygens (including phenoxy) is 2. The van der Waals surface area contributed by atoms with Gasteiger partial charge in [0.1, 0.15) is 0 Å². The largest absolute Gasteiger partial charge is 0.478 e. The van der Waals surface area contributed by atoms with Crippen LogP contribution in [0.1, 0.15) is 24.2 Å². The summed E-state index contributed by atoms with van der Waals surface area (Å²) in [5, 5.41) is 2.68. The highest BCUT2D eigenvalue weighted by atomic mass is 16.5. The first-order valence-electron chi connectivity index (χ1n) is 6.58. The summed E-state index contributed by atoms with van der Waals surface area (Å²) in [4.78, 5) is 24.0. The van der Waals surface area contributed by atoms with Gasteiger partial charge in [-0.3, -0.25) is 4.79 Å². The van der Waals surface area contributed by atoms with Crippen molar-refractivity contribution in [3.05, 3.63) is 36.3 Å². The fourth-order valence-corrected chi connectivity index (χ4v) is 1.54. The van der Waals surface area contributed by atoms with E-state index in [1.54, 1.807) is 12.1 Å². The average Bonchev–Trinajstić information content (AvgIpc) is 2.50. The second kappa shape index (κ2) is 7.18. The third-order valence-electron chi connectivity index (χ3n) is 2.45. The highest BCUT2D eigenvalue weighted by Gasteiger charge is 2.08. The fourth-order valence-electron chi connectivity index (χ4n) is 1.54. The Morgan fingerprint density at radius 2 is 1.76 bits per heavy atom. The van der Waals surface area contributed by atoms with Crippen LogP contribution in [0.5, 0.6) is 11.9 Å². The molecule has 2 rings (SSSR count). The molecule has 0 aliphatic carbocycles. The minimum Gasteiger partial charge on any atom is -0.478 e. The second-order valence-electron chi connectivity index (χ2n) is 3.96. The quantitative estimate of drug-likeness (QED) is 0.874. The zero-order valence-corrected chi connectivity index (χ0v) is 11.9. The molecule has 0 aliphatic heterocycles. The van der Waals surface area contributed by atoms with E-state index in [-0.39, 0.29) is 11.9 Å². The van der Waals surface area contributed by atoms with Crippen molar-refractivity contribution in [2.24, 2.45) is 0 Å². The normalized spacial score (nSPS) is 10.0. The lowest BCUT2D eigenvalue weighted by Gasteiger charge is -2.06. The first-order valence-corrected chi connectivity index (χ1v) is 6.58. The first-order chi connectivity index (χ1) is 10.2. The van der Waals surface area contributed by atoms with Gasteiger partial charge in [0, 0.05) is 12.3 Å². The molecule has 2 heterocycles. The van der Waals surface area contributed by atoms with E-state index < -0.39 is 0 Å². The van der Waals surface area contributed by atoms with Gasteiger partial charge in [-0.05, 0) is 19.9 Å². The van der Waals surface area contributed by atoms with Crippen LogP contribution in [0, 0.1) is 0 Å². The number of carbonyl (C=O) groups is 1. The highest BCUT2D eigenvalue weighted by molar-refractivity contribution is 6.03. The van der Waals surface area contributed by atoms with E-state index >= 15 is 0 Å². The summed E-state index contributed by atoms with van der Waals surface area (Å²) in [6.07, 6.45) is 4.42. The van der Waals surface area contributed by atoms with E-state index in [0.29, 0.717) is 30.3 Å². The number of pyridine rings is 1. The number of rotatable bonds is 6. The van der Waals surface area contributed by atoms with Crippen LogP contribution in [-0.2, 0) is 0 Å². The SMILES string of the molecule is CCOc1ccc(C(=O)Nc2cnc(OCC)nc2)cn1. The third kappa shape index (κ3) is 4.13. The molecule has 7 heteroatoms. The lowest BCUT2D eigenvalue weighted by atomic mass is 10.2. The van der Waals surface area contributed by atoms with Crippen molar-refractivity contribution < 1.29 is 14.3 Å². The van der Waals surface area contributed by atoms with Gasteiger partial charge in [0.25, 0.3) is 5.91 Å². The molecule has 2 aromatic rings. The first kappa shape index (κ1) is 14.7. The topological polar surface area (TPSA) is 86.2 Å². The van der Waals surface area contributed by atoms with E-state index in [0.717, 1.165) is 0 Å². The highest BCUT2D eigenvalue weighted by Crippen LogP contribution is 2.11. The molecule has 110 valence electrons. The monoisotopic (exact) mass is 288 g/mol. The molecule has 0 atom stereocenters. The Kier molecular flexibility index (Phi) is 5.03. The molecule has 0 fully saturated rings. The van der Waals surface area contributed by atoms with Crippen molar-refractivity contribution in [3.63, 3.8) is 0 Å². The molecule has 2 aromatic heterocycles. The number of amides is 1. The van der Waals surface area contributed by atoms with E-state index in [9.17, 15) is 4.79 Å². The molecule has 21 heavy (non-hydrogen) atoms. The Morgan fingerprint density at radius 1 is 1.05 bits per heavy atom. The van der Waals surface area contributed by atoms with Gasteiger partial charge < -0.3 is 14.8 Å². The summed E-state index contributed by atoms with van der Waals surface area (Å²) in [6.45, 7) is 4.73. The molecule has 1 amide bonds. The van der Waals surface area contributed by atoms with Crippen LogP contribution < -0.4 is 14.8 Å². The Labute approximate surface area is 122 Å². The van der Waals surface area contributed by atoms with Crippen LogP contribution in [0.25, 0.3) is 0 Å². The standard InChI is InChI=1S/C14H16N4O3/c1-3-20-12-6-5-10(7-15-12)13(19)18-11-8-16-14(17-9-11)21-4-2/h5-9H,3-4H2,1-2H3,(H,18,19). The summed E-state index contributed by atoms with van der Waals surface area (Å²) in [5.41, 5.74) is 0.907. The summed E-state index contributed by atoms with van der Waals surface area (Å²) in [6, 6.07) is 3.56. The number of hydrogen-bond acceptors (Lipinski definition) is 6. The molecule has 0 saturated heterocycles. The van der Waals surface area contributed by atoms with E-state index in [1.807, 2.05) is 13.8 Å². The second-order valence-corrected chi connectivity index (χ2v) is 3.96. The zero-order chi connectivity index (χ0) is 15.1. The van der Waals surface area contributed by atoms with Gasteiger partial charge in [0.05, 0.1) is 36.9 Å². The van der Waals surface area contributed by atoms with Gasteiger partial charge >= 0.3 is 6.01 Å². The number of aromatic nitrogens is 3. The molecular formula is C14H16N4O3. The van der Waals surface area contributed by atoms with Gasteiger partial charge in [0.2, 0.25) is 5.88 Å². The zero-order valence-electron chi connectivity index (χ0n) is 11.9. The Hall–Kier alpha value is -2.70. The lowest BCUT2D eigenvalue weighted by molar-refractivity contribution is 0.102. The van der Waals surface area contributed by atoms with Gasteiger partial charge in [-0.25, -0.2) is 15.0 Å². The van der Waals surface area contributed by atoms with Crippen LogP contribution in [0.3, 0.4) is 0 Å². The number of hydrogen-bond donors (Lipinski definition) is 1. The molecule has 1 N–H and O–H groups in total. The van der Waals surface area contributed by atoms with Crippen LogP contribution >= 0.6 is 0 Å². The summed E-state index contributed by atoms with van der Waals surface area (Å²) in [5.74, 6) is 0.191. The average molecular weight is 288 g/mol. The van der Waals surface area contributed by atoms with Crippen molar-refractivity contribution >= 4 is 11.6 Å². The predicted molar refractivity (Wildman–Crippen MR) is 76.6 cm³/mol. The van der Waals surface area contributed by atoms with Crippen molar-refractivity contribution in [1.29, 1.82) is 0 Å². The number of carbonyl (C=O) groups excluding carboxylic acids is 1. The number of anilines is 1. The minimum atomic E-state index is -0.293. The predicted octanol–water partition coefficient (Wildman–Crippen LogP) is 1.92. The maximum Gasteiger partial charge on any atom is 0.316 e. The number of nitrogens with one attached hydrogen (secondary N) is 1. The van der Waals surface area contributed by atoms with E-state index in [4.69, 9.17) is 9.47 Å². The molecule has 0 aliphatic rings. The smallest absolute Gasteiger partial charge is 0.316 e. The molecule has 0 unspecified atom stereocenters. The van der Waals surface area contributed by atoms with Gasteiger partial charge in [-0.15, -0.1) is 0 Å². The Bertz CT molecular complexity index is 584. The Morgan fingerprint density at radius 3 is 2.33 bits per heavy atom. The third-order valence-corrected chi connectivity index (χ3v) is 2.45. The van der Waals surface area contributed by atoms with Crippen molar-refractivity contribution in [3.8, 4) is 11.9 Å². The van der Waals surface area contributed by atoms with Crippen LogP contribution in [-0.4, -0.2) is 34.1 Å². The van der Waals surface area contributed by atoms with Crippen LogP contribution in [0.2, 0.25) is 0 Å². The summed E-state index contributed by atoms with van der Waals surface area (Å²) < 4.78 is 10.3. The molecule has 0 radical (unpaired) electrons. The molecule has 0 aromatic carbocycles. The molecule has 0 saturated carbocycles. The minimum absolute atomic E-state index is 0.276. The van der Waals surface area contributed by atoms with Gasteiger partial charge in [-0.1, -0.05) is 0 Å². The van der Waals surface area contributed by atoms with E-state index in [2.05, 4.69) is 20.3 Å². The maximum atomic E-state index is 12.0. The van der Waals surface area contributed by atoms with E-state index in [1.165, 1.54) is 18.6 Å². The molecule has 0 spiro atoms. The molecular weight excluding hydrogens is 272 g/mol. The number of nitrogens with zero attached hydrogens (tertiary/aromatic N) is 3. The summed E-state index contributed by atoms with van der Waals surface area (Å²) in [7, 11) is 0. The van der Waals surface area contributed by atoms with Crippen molar-refractivity contribution in [1.82, 2.24) is 15.0 Å². The van der Waals surface area contributed by atoms with Gasteiger partial charge in [-0.2, -0.15) is 0 Å². The maximum absolute atomic E-state index is 12.0. The van der Waals surface area contributed by atoms with Crippen molar-refractivity contribution in [2.75, 3.05) is 18.5 Å². The van der Waals surface area contributed by atoms with Crippen LogP contribution in [0.15, 0.2) is 30.7 Å². The van der Waals surface area contributed by atoms with Crippen LogP contribution in [0.4, 0.5) is 5.69 Å². The Balaban J connectivity index is 2.00. The molecule has 0 bridgehead atoms.